The highest BCUT2D eigenvalue weighted by atomic mass is 32.2. The van der Waals surface area contributed by atoms with E-state index in [2.05, 4.69) is 37.7 Å². The van der Waals surface area contributed by atoms with Gasteiger partial charge in [0.15, 0.2) is 10.7 Å². The molecule has 1 aliphatic carbocycles. The standard InChI is InChI=1S/C19H20FN5O2S/c1-3-28(25-27)24-18(26)15-12-21-17(23-19(2)10-4-5-11-19)16(22-15)13-6-8-14(20)9-7-13/h3,6-9,12H,1,4-5,10-11H2,2H3,(H,21,23,26)/p+1. The van der Waals surface area contributed by atoms with Crippen LogP contribution in [0.25, 0.3) is 11.3 Å². The van der Waals surface area contributed by atoms with E-state index in [0.717, 1.165) is 25.7 Å². The molecule has 1 aliphatic rings. The molecular weight excluding hydrogens is 381 g/mol. The van der Waals surface area contributed by atoms with E-state index in [1.54, 1.807) is 12.1 Å². The Hall–Kier alpha value is -2.90. The van der Waals surface area contributed by atoms with Crippen molar-refractivity contribution in [2.75, 3.05) is 5.32 Å². The average Bonchev–Trinajstić information content (AvgIpc) is 3.13. The molecule has 1 fully saturated rings. The van der Waals surface area contributed by atoms with Crippen LogP contribution < -0.4 is 14.3 Å². The number of amides is 1. The number of nitroso groups, excluding NO2 is 1. The molecule has 0 bridgehead atoms. The van der Waals surface area contributed by atoms with Crippen molar-refractivity contribution < 1.29 is 9.18 Å². The van der Waals surface area contributed by atoms with E-state index in [4.69, 9.17) is 0 Å². The van der Waals surface area contributed by atoms with Gasteiger partial charge in [0, 0.05) is 11.1 Å². The van der Waals surface area contributed by atoms with Crippen LogP contribution in [0, 0.1) is 10.7 Å². The van der Waals surface area contributed by atoms with Crippen LogP contribution in [0.2, 0.25) is 0 Å². The van der Waals surface area contributed by atoms with Crippen LogP contribution in [0.1, 0.15) is 43.1 Å². The Labute approximate surface area is 164 Å². The predicted molar refractivity (Wildman–Crippen MR) is 108 cm³/mol. The number of benzene rings is 1. The smallest absolute Gasteiger partial charge is 0.363 e. The first-order valence-electron chi connectivity index (χ1n) is 8.85. The Morgan fingerprint density at radius 2 is 2.00 bits per heavy atom. The summed E-state index contributed by atoms with van der Waals surface area (Å²) >= 11 is 0. The van der Waals surface area contributed by atoms with Gasteiger partial charge in [0.1, 0.15) is 17.2 Å². The summed E-state index contributed by atoms with van der Waals surface area (Å²) in [5.41, 5.74) is 0.996. The molecule has 1 heterocycles. The van der Waals surface area contributed by atoms with Crippen LogP contribution >= 0.6 is 0 Å². The van der Waals surface area contributed by atoms with E-state index in [1.807, 2.05) is 0 Å². The number of nitrogens with one attached hydrogen (secondary N) is 2. The molecule has 1 amide bonds. The van der Waals surface area contributed by atoms with Gasteiger partial charge in [-0.1, -0.05) is 19.4 Å². The molecule has 1 unspecified atom stereocenters. The fourth-order valence-corrected chi connectivity index (χ4v) is 3.68. The minimum Gasteiger partial charge on any atom is -0.363 e. The minimum absolute atomic E-state index is 0.0319. The number of carbonyl (C=O) groups excluding carboxylic acids is 1. The zero-order chi connectivity index (χ0) is 20.1. The van der Waals surface area contributed by atoms with E-state index in [-0.39, 0.29) is 17.1 Å². The Bertz CT molecular complexity index is 951. The summed E-state index contributed by atoms with van der Waals surface area (Å²) in [6.07, 6.45) is 5.62. The molecule has 7 nitrogen and oxygen atoms in total. The van der Waals surface area contributed by atoms with Crippen molar-refractivity contribution >= 4 is 22.6 Å². The SMILES string of the molecule is C=CS(=[N+]=O)NC(=O)c1cnc(NC2(C)CCCC2)c(-c2ccc(F)cc2)n1. The molecule has 1 atom stereocenters. The summed E-state index contributed by atoms with van der Waals surface area (Å²) in [5, 5.41) is 4.69. The van der Waals surface area contributed by atoms with Crippen molar-refractivity contribution in [1.29, 1.82) is 0 Å². The van der Waals surface area contributed by atoms with Crippen molar-refractivity contribution in [3.63, 3.8) is 0 Å². The highest BCUT2D eigenvalue weighted by Crippen LogP contribution is 2.34. The first-order valence-corrected chi connectivity index (χ1v) is 10.1. The highest BCUT2D eigenvalue weighted by Gasteiger charge is 2.30. The molecule has 0 aliphatic heterocycles. The topological polar surface area (TPSA) is 98.1 Å². The number of hydrogen-bond acceptors (Lipinski definition) is 5. The summed E-state index contributed by atoms with van der Waals surface area (Å²) in [5.74, 6) is -0.420. The lowest BCUT2D eigenvalue weighted by atomic mass is 10.0. The summed E-state index contributed by atoms with van der Waals surface area (Å²) in [4.78, 5) is 31.9. The Kier molecular flexibility index (Phi) is 5.96. The third-order valence-corrected chi connectivity index (χ3v) is 5.56. The van der Waals surface area contributed by atoms with E-state index < -0.39 is 16.8 Å². The monoisotopic (exact) mass is 402 g/mol. The molecule has 3 rings (SSSR count). The summed E-state index contributed by atoms with van der Waals surface area (Å²) in [6.45, 7) is 5.58. The maximum absolute atomic E-state index is 13.4. The largest absolute Gasteiger partial charge is 0.366 e. The number of nitrogens with zero attached hydrogens (tertiary/aromatic N) is 3. The van der Waals surface area contributed by atoms with Gasteiger partial charge < -0.3 is 5.32 Å². The third kappa shape index (κ3) is 4.49. The molecule has 1 aromatic carbocycles. The lowest BCUT2D eigenvalue weighted by Crippen LogP contribution is -2.32. The Morgan fingerprint density at radius 3 is 2.61 bits per heavy atom. The number of hydrogen-bond donors (Lipinski definition) is 2. The van der Waals surface area contributed by atoms with Gasteiger partial charge in [-0.15, -0.1) is 0 Å². The van der Waals surface area contributed by atoms with Crippen molar-refractivity contribution in [3.05, 3.63) is 58.9 Å². The summed E-state index contributed by atoms with van der Waals surface area (Å²) in [6, 6.07) is 5.83. The number of carbonyl (C=O) groups is 1. The van der Waals surface area contributed by atoms with E-state index >= 15 is 0 Å². The second-order valence-corrected chi connectivity index (χ2v) is 8.15. The second kappa shape index (κ2) is 8.41. The van der Waals surface area contributed by atoms with Crippen LogP contribution in [-0.2, 0) is 10.9 Å². The Morgan fingerprint density at radius 1 is 1.32 bits per heavy atom. The molecule has 146 valence electrons. The molecule has 1 saturated carbocycles. The van der Waals surface area contributed by atoms with E-state index in [0.29, 0.717) is 17.1 Å². The molecule has 2 aromatic rings. The van der Waals surface area contributed by atoms with Gasteiger partial charge in [-0.2, -0.15) is 0 Å². The zero-order valence-corrected chi connectivity index (χ0v) is 16.3. The molecular formula is C19H21FN5O2S+. The number of anilines is 1. The maximum atomic E-state index is 13.4. The number of rotatable bonds is 6. The normalized spacial score (nSPS) is 16.1. The van der Waals surface area contributed by atoms with Crippen LogP contribution in [0.15, 0.2) is 42.4 Å². The molecule has 28 heavy (non-hydrogen) atoms. The van der Waals surface area contributed by atoms with E-state index in [9.17, 15) is 14.1 Å². The molecule has 9 heteroatoms. The van der Waals surface area contributed by atoms with Crippen molar-refractivity contribution in [2.45, 2.75) is 38.1 Å². The lowest BCUT2D eigenvalue weighted by molar-refractivity contribution is 0.0979. The Balaban J connectivity index is 2.00. The maximum Gasteiger partial charge on any atom is 0.366 e. The van der Waals surface area contributed by atoms with Crippen molar-refractivity contribution in [2.24, 2.45) is 0 Å². The molecule has 1 aromatic heterocycles. The van der Waals surface area contributed by atoms with Gasteiger partial charge in [-0.25, -0.2) is 19.1 Å². The van der Waals surface area contributed by atoms with Crippen LogP contribution in [0.5, 0.6) is 0 Å². The van der Waals surface area contributed by atoms with Gasteiger partial charge in [-0.3, -0.25) is 4.79 Å². The first kappa shape index (κ1) is 19.9. The van der Waals surface area contributed by atoms with E-state index in [1.165, 1.54) is 23.7 Å². The van der Waals surface area contributed by atoms with Crippen LogP contribution in [0.4, 0.5) is 10.2 Å². The average molecular weight is 402 g/mol. The molecule has 0 spiro atoms. The van der Waals surface area contributed by atoms with Gasteiger partial charge in [0.2, 0.25) is 0 Å². The highest BCUT2D eigenvalue weighted by molar-refractivity contribution is 7.88. The third-order valence-electron chi connectivity index (χ3n) is 4.69. The van der Waals surface area contributed by atoms with Crippen molar-refractivity contribution in [1.82, 2.24) is 18.9 Å². The molecule has 0 radical (unpaired) electrons. The zero-order valence-electron chi connectivity index (χ0n) is 15.4. The molecule has 2 N–H and O–H groups in total. The lowest BCUT2D eigenvalue weighted by Gasteiger charge is -2.27. The van der Waals surface area contributed by atoms with Gasteiger partial charge >= 0.3 is 10.9 Å². The number of aromatic nitrogens is 2. The molecule has 0 saturated heterocycles. The summed E-state index contributed by atoms with van der Waals surface area (Å²) in [7, 11) is -1.34. The fraction of sp³-hybridized carbons (Fsp3) is 0.316. The second-order valence-electron chi connectivity index (χ2n) is 6.84. The first-order chi connectivity index (χ1) is 13.4. The quantitative estimate of drug-likeness (QED) is 0.721. The number of halogens is 1. The predicted octanol–water partition coefficient (Wildman–Crippen LogP) is 3.45. The van der Waals surface area contributed by atoms with Gasteiger partial charge in [0.05, 0.1) is 11.6 Å². The van der Waals surface area contributed by atoms with Crippen LogP contribution in [-0.4, -0.2) is 21.4 Å². The van der Waals surface area contributed by atoms with Crippen LogP contribution in [0.3, 0.4) is 0 Å². The summed E-state index contributed by atoms with van der Waals surface area (Å²) < 4.78 is 18.6. The fourth-order valence-electron chi connectivity index (χ4n) is 3.20. The van der Waals surface area contributed by atoms with Gasteiger partial charge in [-0.05, 0) is 44.0 Å². The van der Waals surface area contributed by atoms with Crippen molar-refractivity contribution in [3.8, 4) is 11.3 Å². The minimum atomic E-state index is -1.34. The van der Waals surface area contributed by atoms with Gasteiger partial charge in [0.25, 0.3) is 10.1 Å².